The number of anilines is 1. The lowest BCUT2D eigenvalue weighted by atomic mass is 10.1. The Labute approximate surface area is 238 Å². The van der Waals surface area contributed by atoms with E-state index in [2.05, 4.69) is 5.32 Å². The lowest BCUT2D eigenvalue weighted by Crippen LogP contribution is -2.55. The van der Waals surface area contributed by atoms with Crippen LogP contribution in [0.2, 0.25) is 0 Å². The molecule has 0 aromatic heterocycles. The molecule has 0 radical (unpaired) electrons. The molecule has 0 aliphatic rings. The van der Waals surface area contributed by atoms with Crippen LogP contribution in [-0.2, 0) is 26.2 Å². The van der Waals surface area contributed by atoms with Crippen LogP contribution in [0.15, 0.2) is 89.8 Å². The second kappa shape index (κ2) is 13.5. The van der Waals surface area contributed by atoms with Gasteiger partial charge in [-0.3, -0.25) is 13.9 Å². The molecule has 1 atom stereocenters. The Kier molecular flexibility index (Phi) is 10.3. The highest BCUT2D eigenvalue weighted by Gasteiger charge is 2.34. The third kappa shape index (κ3) is 8.08. The molecule has 2 amide bonds. The summed E-state index contributed by atoms with van der Waals surface area (Å²) in [6, 6.07) is 23.2. The molecule has 3 aromatic rings. The Morgan fingerprint density at radius 3 is 1.98 bits per heavy atom. The smallest absolute Gasteiger partial charge is 0.264 e. The summed E-state index contributed by atoms with van der Waals surface area (Å²) in [5, 5.41) is 2.97. The molecule has 0 heterocycles. The van der Waals surface area contributed by atoms with E-state index in [4.69, 9.17) is 4.74 Å². The van der Waals surface area contributed by atoms with Gasteiger partial charge >= 0.3 is 0 Å². The molecule has 0 spiro atoms. The van der Waals surface area contributed by atoms with Gasteiger partial charge in [0.25, 0.3) is 10.0 Å². The monoisotopic (exact) mass is 565 g/mol. The molecule has 0 aliphatic heterocycles. The molecule has 0 saturated carbocycles. The molecule has 214 valence electrons. The van der Waals surface area contributed by atoms with Gasteiger partial charge in [-0.1, -0.05) is 55.5 Å². The van der Waals surface area contributed by atoms with Gasteiger partial charge in [-0.2, -0.15) is 0 Å². The number of benzene rings is 3. The Balaban J connectivity index is 2.02. The van der Waals surface area contributed by atoms with E-state index in [-0.39, 0.29) is 17.3 Å². The number of carbonyl (C=O) groups excluding carboxylic acids is 2. The lowest BCUT2D eigenvalue weighted by Gasteiger charge is -2.34. The molecule has 3 aromatic carbocycles. The fourth-order valence-corrected chi connectivity index (χ4v) is 5.69. The minimum absolute atomic E-state index is 0.0275. The van der Waals surface area contributed by atoms with E-state index in [0.29, 0.717) is 24.5 Å². The van der Waals surface area contributed by atoms with Gasteiger partial charge in [-0.05, 0) is 76.1 Å². The van der Waals surface area contributed by atoms with Crippen molar-refractivity contribution < 1.29 is 22.7 Å². The Morgan fingerprint density at radius 2 is 1.45 bits per heavy atom. The van der Waals surface area contributed by atoms with Crippen LogP contribution >= 0.6 is 0 Å². The highest BCUT2D eigenvalue weighted by molar-refractivity contribution is 7.92. The molecule has 1 N–H and O–H groups in total. The zero-order chi connectivity index (χ0) is 29.3. The predicted octanol–water partition coefficient (Wildman–Crippen LogP) is 5.00. The molecule has 1 unspecified atom stereocenters. The number of para-hydroxylation sites is 1. The van der Waals surface area contributed by atoms with Gasteiger partial charge in [0, 0.05) is 12.1 Å². The van der Waals surface area contributed by atoms with E-state index in [0.717, 1.165) is 9.87 Å². The number of hydrogen-bond acceptors (Lipinski definition) is 5. The van der Waals surface area contributed by atoms with Gasteiger partial charge in [-0.25, -0.2) is 8.42 Å². The van der Waals surface area contributed by atoms with E-state index in [1.807, 2.05) is 65.0 Å². The average Bonchev–Trinajstić information content (AvgIpc) is 2.92. The average molecular weight is 566 g/mol. The number of nitrogens with zero attached hydrogens (tertiary/aromatic N) is 2. The summed E-state index contributed by atoms with van der Waals surface area (Å²) in [5.74, 6) is -0.230. The van der Waals surface area contributed by atoms with E-state index < -0.39 is 34.1 Å². The van der Waals surface area contributed by atoms with Crippen molar-refractivity contribution in [2.75, 3.05) is 17.5 Å². The Morgan fingerprint density at radius 1 is 0.875 bits per heavy atom. The van der Waals surface area contributed by atoms with Gasteiger partial charge < -0.3 is 15.0 Å². The second-order valence-electron chi connectivity index (χ2n) is 10.4. The highest BCUT2D eigenvalue weighted by atomic mass is 32.2. The molecule has 0 bridgehead atoms. The van der Waals surface area contributed by atoms with E-state index in [9.17, 15) is 18.0 Å². The van der Waals surface area contributed by atoms with Crippen LogP contribution in [0.4, 0.5) is 5.69 Å². The van der Waals surface area contributed by atoms with Crippen molar-refractivity contribution in [3.05, 3.63) is 90.5 Å². The topological polar surface area (TPSA) is 96.0 Å². The summed E-state index contributed by atoms with van der Waals surface area (Å²) >= 11 is 0. The van der Waals surface area contributed by atoms with Gasteiger partial charge in [0.15, 0.2) is 0 Å². The summed E-state index contributed by atoms with van der Waals surface area (Å²) in [5.41, 5.74) is 0.675. The quantitative estimate of drug-likeness (QED) is 0.333. The molecule has 8 nitrogen and oxygen atoms in total. The number of amides is 2. The first-order valence-corrected chi connectivity index (χ1v) is 14.9. The van der Waals surface area contributed by atoms with Crippen LogP contribution < -0.4 is 14.4 Å². The normalized spacial score (nSPS) is 12.3. The Bertz CT molecular complexity index is 1360. The van der Waals surface area contributed by atoms with Gasteiger partial charge in [0.1, 0.15) is 18.3 Å². The Hall–Kier alpha value is -3.85. The van der Waals surface area contributed by atoms with Gasteiger partial charge in [-0.15, -0.1) is 0 Å². The number of ether oxygens (including phenoxy) is 1. The van der Waals surface area contributed by atoms with E-state index in [1.54, 1.807) is 42.5 Å². The summed E-state index contributed by atoms with van der Waals surface area (Å²) in [6.07, 6.45) is 0.359. The van der Waals surface area contributed by atoms with Crippen molar-refractivity contribution in [1.29, 1.82) is 0 Å². The van der Waals surface area contributed by atoms with Crippen LogP contribution in [0, 0.1) is 0 Å². The van der Waals surface area contributed by atoms with Crippen LogP contribution in [0.25, 0.3) is 0 Å². The summed E-state index contributed by atoms with van der Waals surface area (Å²) in [6.45, 7) is 9.44. The third-order valence-electron chi connectivity index (χ3n) is 6.13. The highest BCUT2D eigenvalue weighted by Crippen LogP contribution is 2.26. The van der Waals surface area contributed by atoms with Crippen LogP contribution in [-0.4, -0.2) is 49.9 Å². The zero-order valence-corrected chi connectivity index (χ0v) is 24.6. The number of hydrogen-bond donors (Lipinski definition) is 1. The largest absolute Gasteiger partial charge is 0.494 e. The number of sulfonamides is 1. The minimum Gasteiger partial charge on any atom is -0.494 e. The minimum atomic E-state index is -4.14. The summed E-state index contributed by atoms with van der Waals surface area (Å²) in [7, 11) is -4.14. The van der Waals surface area contributed by atoms with Crippen molar-refractivity contribution in [1.82, 2.24) is 10.2 Å². The van der Waals surface area contributed by atoms with Gasteiger partial charge in [0.2, 0.25) is 11.8 Å². The third-order valence-corrected chi connectivity index (χ3v) is 7.91. The fraction of sp³-hybridized carbons (Fsp3) is 0.355. The first-order valence-electron chi connectivity index (χ1n) is 13.4. The van der Waals surface area contributed by atoms with Crippen molar-refractivity contribution >= 4 is 27.5 Å². The van der Waals surface area contributed by atoms with E-state index >= 15 is 0 Å². The van der Waals surface area contributed by atoms with Crippen LogP contribution in [0.5, 0.6) is 5.75 Å². The lowest BCUT2D eigenvalue weighted by molar-refractivity contribution is -0.141. The first kappa shape index (κ1) is 30.7. The molecule has 3 rings (SSSR count). The maximum Gasteiger partial charge on any atom is 0.264 e. The van der Waals surface area contributed by atoms with Crippen molar-refractivity contribution in [3.8, 4) is 5.75 Å². The van der Waals surface area contributed by atoms with E-state index in [1.165, 1.54) is 17.0 Å². The number of nitrogens with one attached hydrogen (secondary N) is 1. The molecule has 0 fully saturated rings. The molecule has 9 heteroatoms. The predicted molar refractivity (Wildman–Crippen MR) is 158 cm³/mol. The molecular weight excluding hydrogens is 526 g/mol. The van der Waals surface area contributed by atoms with Crippen molar-refractivity contribution in [3.63, 3.8) is 0 Å². The first-order chi connectivity index (χ1) is 19.0. The van der Waals surface area contributed by atoms with Crippen LogP contribution in [0.3, 0.4) is 0 Å². The molecule has 40 heavy (non-hydrogen) atoms. The zero-order valence-electron chi connectivity index (χ0n) is 23.8. The van der Waals surface area contributed by atoms with Crippen molar-refractivity contribution in [2.45, 2.75) is 64.1 Å². The standard InChI is InChI=1S/C31H39N3O5S/c1-6-28(30(36)32-31(3,4)5)33(22-24-14-10-8-11-15-24)29(35)23-34(25-16-12-9-13-17-25)40(37,38)27-20-18-26(19-21-27)39-7-2/h8-21,28H,6-7,22-23H2,1-5H3,(H,32,36). The number of carbonyl (C=O) groups is 2. The van der Waals surface area contributed by atoms with Gasteiger partial charge in [0.05, 0.1) is 17.2 Å². The number of rotatable bonds is 12. The summed E-state index contributed by atoms with van der Waals surface area (Å²) in [4.78, 5) is 28.9. The second-order valence-corrected chi connectivity index (χ2v) is 12.3. The maximum absolute atomic E-state index is 14.0. The molecular formula is C31H39N3O5S. The molecule has 0 aliphatic carbocycles. The SMILES string of the molecule is CCOc1ccc(S(=O)(=O)N(CC(=O)N(Cc2ccccc2)C(CC)C(=O)NC(C)(C)C)c2ccccc2)cc1. The maximum atomic E-state index is 14.0. The van der Waals surface area contributed by atoms with Crippen molar-refractivity contribution in [2.24, 2.45) is 0 Å². The summed E-state index contributed by atoms with van der Waals surface area (Å²) < 4.78 is 34.4. The fourth-order valence-electron chi connectivity index (χ4n) is 4.28. The van der Waals surface area contributed by atoms with Crippen LogP contribution in [0.1, 0.15) is 46.6 Å². The molecule has 0 saturated heterocycles.